The fraction of sp³-hybridized carbons (Fsp3) is 0.647. The Hall–Kier alpha value is -1.20. The maximum atomic E-state index is 12.7. The Kier molecular flexibility index (Phi) is 7.26. The molecule has 154 valence electrons. The van der Waals surface area contributed by atoms with E-state index in [9.17, 15) is 16.8 Å². The molecule has 0 spiro atoms. The van der Waals surface area contributed by atoms with Crippen molar-refractivity contribution in [1.82, 2.24) is 13.5 Å². The summed E-state index contributed by atoms with van der Waals surface area (Å²) >= 11 is 0. The maximum Gasteiger partial charge on any atom is 0.301 e. The molecule has 1 saturated carbocycles. The summed E-state index contributed by atoms with van der Waals surface area (Å²) in [5.74, 6) is 0. The zero-order valence-electron chi connectivity index (χ0n) is 16.4. The molecule has 0 unspecified atom stereocenters. The molecular formula is C17H30N4O4S2. The van der Waals surface area contributed by atoms with Crippen LogP contribution in [0.3, 0.4) is 0 Å². The molecule has 8 nitrogen and oxygen atoms in total. The second-order valence-electron chi connectivity index (χ2n) is 7.16. The van der Waals surface area contributed by atoms with Crippen molar-refractivity contribution in [1.29, 1.82) is 0 Å². The van der Waals surface area contributed by atoms with E-state index in [4.69, 9.17) is 0 Å². The fourth-order valence-corrected chi connectivity index (χ4v) is 4.84. The molecule has 0 bridgehead atoms. The van der Waals surface area contributed by atoms with Crippen LogP contribution in [0.1, 0.15) is 25.7 Å². The first-order valence-electron chi connectivity index (χ1n) is 9.01. The number of anilines is 1. The molecule has 1 fully saturated rings. The van der Waals surface area contributed by atoms with E-state index in [1.54, 1.807) is 7.05 Å². The Morgan fingerprint density at radius 2 is 1.48 bits per heavy atom. The summed E-state index contributed by atoms with van der Waals surface area (Å²) in [4.78, 5) is 2.37. The van der Waals surface area contributed by atoms with Gasteiger partial charge in [0.1, 0.15) is 0 Å². The van der Waals surface area contributed by atoms with Crippen LogP contribution in [0.25, 0.3) is 0 Å². The van der Waals surface area contributed by atoms with Crippen molar-refractivity contribution in [3.8, 4) is 0 Å². The van der Waals surface area contributed by atoms with Gasteiger partial charge >= 0.3 is 10.2 Å². The van der Waals surface area contributed by atoms with Gasteiger partial charge in [-0.15, -0.1) is 0 Å². The van der Waals surface area contributed by atoms with Gasteiger partial charge in [0.15, 0.2) is 0 Å². The molecule has 0 heterocycles. The first-order valence-corrected chi connectivity index (χ1v) is 11.9. The smallest absolute Gasteiger partial charge is 0.301 e. The summed E-state index contributed by atoms with van der Waals surface area (Å²) < 4.78 is 53.9. The lowest BCUT2D eigenvalue weighted by atomic mass is 10.2. The number of rotatable bonds is 9. The van der Waals surface area contributed by atoms with Gasteiger partial charge in [-0.05, 0) is 44.2 Å². The third-order valence-electron chi connectivity index (χ3n) is 5.01. The highest BCUT2D eigenvalue weighted by Crippen LogP contribution is 2.23. The number of likely N-dealkylation sites (N-methyl/N-ethyl adjacent to an activating group) is 2. The van der Waals surface area contributed by atoms with Gasteiger partial charge < -0.3 is 4.90 Å². The summed E-state index contributed by atoms with van der Waals surface area (Å²) in [7, 11) is -0.796. The Morgan fingerprint density at radius 1 is 0.926 bits per heavy atom. The van der Waals surface area contributed by atoms with Gasteiger partial charge in [-0.25, -0.2) is 8.42 Å². The topological polar surface area (TPSA) is 90.0 Å². The number of nitrogens with zero attached hydrogens (tertiary/aromatic N) is 3. The molecule has 0 atom stereocenters. The van der Waals surface area contributed by atoms with Crippen LogP contribution < -0.4 is 4.72 Å². The molecule has 0 radical (unpaired) electrons. The second-order valence-corrected chi connectivity index (χ2v) is 11.1. The molecule has 1 aromatic carbocycles. The van der Waals surface area contributed by atoms with E-state index in [1.165, 1.54) is 68.3 Å². The Morgan fingerprint density at radius 3 is 2.00 bits per heavy atom. The van der Waals surface area contributed by atoms with Gasteiger partial charge in [0.25, 0.3) is 0 Å². The minimum atomic E-state index is -3.62. The van der Waals surface area contributed by atoms with Crippen LogP contribution in [-0.2, 0) is 20.2 Å². The third-order valence-corrected chi connectivity index (χ3v) is 8.33. The molecule has 10 heteroatoms. The zero-order chi connectivity index (χ0) is 20.2. The van der Waals surface area contributed by atoms with Crippen LogP contribution in [0.2, 0.25) is 0 Å². The summed E-state index contributed by atoms with van der Waals surface area (Å²) in [5.41, 5.74) is 0.311. The predicted octanol–water partition coefficient (Wildman–Crippen LogP) is 1.40. The van der Waals surface area contributed by atoms with E-state index in [0.717, 1.165) is 4.31 Å². The summed E-state index contributed by atoms with van der Waals surface area (Å²) in [6.07, 6.45) is 4.84. The van der Waals surface area contributed by atoms with Crippen molar-refractivity contribution in [3.63, 3.8) is 0 Å². The zero-order valence-corrected chi connectivity index (χ0v) is 18.1. The maximum absolute atomic E-state index is 12.7. The number of nitrogens with one attached hydrogen (secondary N) is 1. The molecule has 27 heavy (non-hydrogen) atoms. The molecule has 1 aliphatic rings. The van der Waals surface area contributed by atoms with Crippen LogP contribution in [0, 0.1) is 0 Å². The highest BCUT2D eigenvalue weighted by Gasteiger charge is 2.24. The van der Waals surface area contributed by atoms with Crippen molar-refractivity contribution in [2.24, 2.45) is 0 Å². The normalized spacial score (nSPS) is 16.6. The molecule has 1 N–H and O–H groups in total. The van der Waals surface area contributed by atoms with Gasteiger partial charge in [-0.3, -0.25) is 4.72 Å². The van der Waals surface area contributed by atoms with Crippen molar-refractivity contribution >= 4 is 25.9 Å². The van der Waals surface area contributed by atoms with Gasteiger partial charge in [-0.2, -0.15) is 17.0 Å². The third kappa shape index (κ3) is 5.64. The van der Waals surface area contributed by atoms with Crippen molar-refractivity contribution < 1.29 is 16.8 Å². The molecular weight excluding hydrogens is 388 g/mol. The van der Waals surface area contributed by atoms with E-state index >= 15 is 0 Å². The van der Waals surface area contributed by atoms with Crippen LogP contribution in [-0.4, -0.2) is 77.7 Å². The predicted molar refractivity (Wildman–Crippen MR) is 107 cm³/mol. The first-order chi connectivity index (χ1) is 12.5. The van der Waals surface area contributed by atoms with Crippen molar-refractivity contribution in [3.05, 3.63) is 24.3 Å². The number of hydrogen-bond acceptors (Lipinski definition) is 5. The largest absolute Gasteiger partial charge is 0.302 e. The Bertz CT molecular complexity index is 817. The lowest BCUT2D eigenvalue weighted by Gasteiger charge is -2.26. The fourth-order valence-electron chi connectivity index (χ4n) is 3.06. The lowest BCUT2D eigenvalue weighted by Crippen LogP contribution is -2.38. The highest BCUT2D eigenvalue weighted by atomic mass is 32.2. The van der Waals surface area contributed by atoms with Gasteiger partial charge in [-0.1, -0.05) is 12.8 Å². The quantitative estimate of drug-likeness (QED) is 0.655. The van der Waals surface area contributed by atoms with E-state index in [0.29, 0.717) is 24.8 Å². The summed E-state index contributed by atoms with van der Waals surface area (Å²) in [6, 6.07) is 6.28. The minimum absolute atomic E-state index is 0.140. The number of sulfonamides is 1. The summed E-state index contributed by atoms with van der Waals surface area (Å²) in [6.45, 7) is 1.09. The van der Waals surface area contributed by atoms with Crippen LogP contribution in [0.5, 0.6) is 0 Å². The van der Waals surface area contributed by atoms with Gasteiger partial charge in [0, 0.05) is 46.0 Å². The standard InChI is InChI=1S/C17H30N4O4S2/c1-19(2)27(24,25)18-15-9-11-17(12-10-15)26(22,23)21(4)14-13-20(3)16-7-5-6-8-16/h9-12,16,18H,5-8,13-14H2,1-4H3. The van der Waals surface area contributed by atoms with E-state index in [-0.39, 0.29) is 4.90 Å². The van der Waals surface area contributed by atoms with E-state index in [2.05, 4.69) is 9.62 Å². The number of hydrogen-bond donors (Lipinski definition) is 1. The van der Waals surface area contributed by atoms with Gasteiger partial charge in [0.2, 0.25) is 10.0 Å². The summed E-state index contributed by atoms with van der Waals surface area (Å²) in [5, 5.41) is 0. The molecule has 0 aromatic heterocycles. The second kappa shape index (κ2) is 8.87. The minimum Gasteiger partial charge on any atom is -0.302 e. The number of benzene rings is 1. The molecule has 0 amide bonds. The molecule has 0 saturated heterocycles. The lowest BCUT2D eigenvalue weighted by molar-refractivity contribution is 0.233. The Balaban J connectivity index is 2.00. The van der Waals surface area contributed by atoms with Gasteiger partial charge in [0.05, 0.1) is 4.90 Å². The molecule has 1 aliphatic carbocycles. The SMILES string of the molecule is CN(CCN(C)S(=O)(=O)c1ccc(NS(=O)(=O)N(C)C)cc1)C1CCCC1. The van der Waals surface area contributed by atoms with Crippen molar-refractivity contribution in [2.75, 3.05) is 46.0 Å². The van der Waals surface area contributed by atoms with Crippen LogP contribution in [0.4, 0.5) is 5.69 Å². The van der Waals surface area contributed by atoms with Crippen LogP contribution >= 0.6 is 0 Å². The van der Waals surface area contributed by atoms with Crippen molar-refractivity contribution in [2.45, 2.75) is 36.6 Å². The molecule has 1 aromatic rings. The van der Waals surface area contributed by atoms with Crippen LogP contribution in [0.15, 0.2) is 29.2 Å². The molecule has 0 aliphatic heterocycles. The molecule has 2 rings (SSSR count). The highest BCUT2D eigenvalue weighted by molar-refractivity contribution is 7.90. The Labute approximate surface area is 163 Å². The average Bonchev–Trinajstić information content (AvgIpc) is 3.14. The first kappa shape index (κ1) is 22.1. The van der Waals surface area contributed by atoms with E-state index < -0.39 is 20.2 Å². The monoisotopic (exact) mass is 418 g/mol. The average molecular weight is 419 g/mol. The van der Waals surface area contributed by atoms with E-state index in [1.807, 2.05) is 7.05 Å².